The highest BCUT2D eigenvalue weighted by Gasteiger charge is 2.21. The molecule has 0 radical (unpaired) electrons. The van der Waals surface area contributed by atoms with Crippen molar-refractivity contribution in [1.82, 2.24) is 0 Å². The van der Waals surface area contributed by atoms with Crippen LogP contribution in [0.1, 0.15) is 16.6 Å². The molecule has 3 rings (SSSR count). The number of fused-ring (bicyclic) bond motifs is 1. The Hall–Kier alpha value is -1.99. The van der Waals surface area contributed by atoms with E-state index in [1.807, 2.05) is 0 Å². The SMILES string of the molecule is COc1ccc(NC(C)=O)cc1NC(=O)c1sc2cc(Cl)cc(Cl)c2c1Cl. The van der Waals surface area contributed by atoms with Gasteiger partial charge in [-0.2, -0.15) is 0 Å². The Kier molecular flexibility index (Phi) is 5.81. The third kappa shape index (κ3) is 4.14. The zero-order chi connectivity index (χ0) is 19.7. The highest BCUT2D eigenvalue weighted by atomic mass is 35.5. The van der Waals surface area contributed by atoms with Gasteiger partial charge in [-0.1, -0.05) is 34.8 Å². The van der Waals surface area contributed by atoms with E-state index in [1.165, 1.54) is 25.4 Å². The van der Waals surface area contributed by atoms with Crippen LogP contribution in [0.2, 0.25) is 15.1 Å². The molecule has 27 heavy (non-hydrogen) atoms. The van der Waals surface area contributed by atoms with Crippen molar-refractivity contribution in [2.45, 2.75) is 6.92 Å². The zero-order valence-electron chi connectivity index (χ0n) is 14.2. The number of rotatable bonds is 4. The van der Waals surface area contributed by atoms with Crippen molar-refractivity contribution in [3.05, 3.63) is 50.3 Å². The summed E-state index contributed by atoms with van der Waals surface area (Å²) in [5.41, 5.74) is 0.919. The first-order valence-electron chi connectivity index (χ1n) is 7.64. The first-order chi connectivity index (χ1) is 12.8. The summed E-state index contributed by atoms with van der Waals surface area (Å²) in [5, 5.41) is 7.09. The van der Waals surface area contributed by atoms with E-state index in [0.29, 0.717) is 42.1 Å². The molecule has 0 saturated heterocycles. The summed E-state index contributed by atoms with van der Waals surface area (Å²) in [7, 11) is 1.48. The van der Waals surface area contributed by atoms with Gasteiger partial charge in [0.15, 0.2) is 0 Å². The van der Waals surface area contributed by atoms with Crippen LogP contribution in [0.15, 0.2) is 30.3 Å². The minimum absolute atomic E-state index is 0.225. The molecule has 3 aromatic rings. The van der Waals surface area contributed by atoms with E-state index in [0.717, 1.165) is 0 Å². The second-order valence-electron chi connectivity index (χ2n) is 5.56. The highest BCUT2D eigenvalue weighted by Crippen LogP contribution is 2.41. The molecular weight excluding hydrogens is 431 g/mol. The second-order valence-corrected chi connectivity index (χ2v) is 7.83. The Bertz CT molecular complexity index is 1070. The Morgan fingerprint density at radius 1 is 1.07 bits per heavy atom. The van der Waals surface area contributed by atoms with E-state index in [2.05, 4.69) is 10.6 Å². The lowest BCUT2D eigenvalue weighted by Crippen LogP contribution is -2.12. The van der Waals surface area contributed by atoms with E-state index in [4.69, 9.17) is 39.5 Å². The van der Waals surface area contributed by atoms with Gasteiger partial charge in [0, 0.05) is 27.7 Å². The van der Waals surface area contributed by atoms with Crippen LogP contribution in [-0.2, 0) is 4.79 Å². The molecule has 2 N–H and O–H groups in total. The van der Waals surface area contributed by atoms with Crippen molar-refractivity contribution in [3.63, 3.8) is 0 Å². The molecule has 0 atom stereocenters. The van der Waals surface area contributed by atoms with Crippen molar-refractivity contribution in [2.75, 3.05) is 17.7 Å². The number of halogens is 3. The summed E-state index contributed by atoms with van der Waals surface area (Å²) in [6.07, 6.45) is 0. The number of amides is 2. The van der Waals surface area contributed by atoms with E-state index in [9.17, 15) is 9.59 Å². The lowest BCUT2D eigenvalue weighted by molar-refractivity contribution is -0.114. The predicted octanol–water partition coefficient (Wildman–Crippen LogP) is 6.08. The first kappa shape index (κ1) is 19.8. The van der Waals surface area contributed by atoms with Gasteiger partial charge in [-0.15, -0.1) is 11.3 Å². The van der Waals surface area contributed by atoms with E-state index >= 15 is 0 Å². The van der Waals surface area contributed by atoms with E-state index in [1.54, 1.807) is 30.3 Å². The van der Waals surface area contributed by atoms with E-state index in [-0.39, 0.29) is 10.9 Å². The number of carbonyl (C=O) groups excluding carboxylic acids is 2. The van der Waals surface area contributed by atoms with Gasteiger partial charge in [0.05, 0.1) is 22.8 Å². The van der Waals surface area contributed by atoms with Crippen molar-refractivity contribution in [3.8, 4) is 5.75 Å². The molecule has 0 aliphatic carbocycles. The quantitative estimate of drug-likeness (QED) is 0.513. The Balaban J connectivity index is 1.98. The normalized spacial score (nSPS) is 10.7. The minimum atomic E-state index is -0.424. The number of methoxy groups -OCH3 is 1. The number of benzene rings is 2. The largest absolute Gasteiger partial charge is 0.495 e. The number of thiophene rings is 1. The molecule has 1 aromatic heterocycles. The summed E-state index contributed by atoms with van der Waals surface area (Å²) in [4.78, 5) is 24.3. The number of hydrogen-bond donors (Lipinski definition) is 2. The predicted molar refractivity (Wildman–Crippen MR) is 112 cm³/mol. The molecule has 5 nitrogen and oxygen atoms in total. The maximum absolute atomic E-state index is 12.8. The van der Waals surface area contributed by atoms with Gasteiger partial charge >= 0.3 is 0 Å². The van der Waals surface area contributed by atoms with Crippen molar-refractivity contribution in [2.24, 2.45) is 0 Å². The molecule has 0 aliphatic rings. The molecule has 1 heterocycles. The molecule has 0 unspecified atom stereocenters. The fourth-order valence-electron chi connectivity index (χ4n) is 2.52. The van der Waals surface area contributed by atoms with E-state index < -0.39 is 5.91 Å². The summed E-state index contributed by atoms with van der Waals surface area (Å²) >= 11 is 19.8. The van der Waals surface area contributed by atoms with Crippen LogP contribution in [-0.4, -0.2) is 18.9 Å². The molecule has 0 saturated carbocycles. The van der Waals surface area contributed by atoms with Crippen LogP contribution in [0.4, 0.5) is 11.4 Å². The maximum Gasteiger partial charge on any atom is 0.267 e. The van der Waals surface area contributed by atoms with Gasteiger partial charge < -0.3 is 15.4 Å². The maximum atomic E-state index is 12.8. The van der Waals surface area contributed by atoms with Crippen LogP contribution in [0.25, 0.3) is 10.1 Å². The number of carbonyl (C=O) groups is 2. The summed E-state index contributed by atoms with van der Waals surface area (Å²) < 4.78 is 5.98. The molecule has 2 aromatic carbocycles. The summed E-state index contributed by atoms with van der Waals surface area (Å²) in [6.45, 7) is 1.40. The zero-order valence-corrected chi connectivity index (χ0v) is 17.2. The van der Waals surface area contributed by atoms with Crippen molar-refractivity contribution >= 4 is 79.4 Å². The van der Waals surface area contributed by atoms with Gasteiger partial charge in [0.2, 0.25) is 5.91 Å². The lowest BCUT2D eigenvalue weighted by Gasteiger charge is -2.12. The summed E-state index contributed by atoms with van der Waals surface area (Å²) in [6, 6.07) is 8.19. The number of nitrogens with one attached hydrogen (secondary N) is 2. The molecule has 0 spiro atoms. The molecule has 140 valence electrons. The molecule has 0 aliphatic heterocycles. The Morgan fingerprint density at radius 3 is 2.48 bits per heavy atom. The fourth-order valence-corrected chi connectivity index (χ4v) is 4.80. The fraction of sp³-hybridized carbons (Fsp3) is 0.111. The standard InChI is InChI=1S/C18H13Cl3N2O3S/c1-8(24)22-10-3-4-13(26-2)12(7-10)23-18(25)17-16(21)15-11(20)5-9(19)6-14(15)27-17/h3-7H,1-2H3,(H,22,24)(H,23,25). The van der Waals surface area contributed by atoms with Crippen LogP contribution in [0.5, 0.6) is 5.75 Å². The monoisotopic (exact) mass is 442 g/mol. The van der Waals surface area contributed by atoms with Crippen LogP contribution in [0, 0.1) is 0 Å². The van der Waals surface area contributed by atoms with Crippen LogP contribution < -0.4 is 15.4 Å². The average molecular weight is 444 g/mol. The van der Waals surface area contributed by atoms with Crippen molar-refractivity contribution in [1.29, 1.82) is 0 Å². The topological polar surface area (TPSA) is 67.4 Å². The van der Waals surface area contributed by atoms with Gasteiger partial charge in [0.25, 0.3) is 5.91 Å². The Labute approximate surface area is 174 Å². The minimum Gasteiger partial charge on any atom is -0.495 e. The number of ether oxygens (including phenoxy) is 1. The van der Waals surface area contributed by atoms with Crippen molar-refractivity contribution < 1.29 is 14.3 Å². The Morgan fingerprint density at radius 2 is 1.81 bits per heavy atom. The smallest absolute Gasteiger partial charge is 0.267 e. The lowest BCUT2D eigenvalue weighted by atomic mass is 10.2. The molecular formula is C18H13Cl3N2O3S. The average Bonchev–Trinajstić information content (AvgIpc) is 2.91. The van der Waals surface area contributed by atoms with Gasteiger partial charge in [-0.3, -0.25) is 9.59 Å². The van der Waals surface area contributed by atoms with Gasteiger partial charge in [-0.25, -0.2) is 0 Å². The number of anilines is 2. The molecule has 9 heteroatoms. The third-order valence-corrected chi connectivity index (χ3v) is 5.77. The second kappa shape index (κ2) is 7.94. The molecule has 0 fully saturated rings. The van der Waals surface area contributed by atoms with Gasteiger partial charge in [0.1, 0.15) is 10.6 Å². The highest BCUT2D eigenvalue weighted by molar-refractivity contribution is 7.21. The molecule has 0 bridgehead atoms. The van der Waals surface area contributed by atoms with Crippen LogP contribution in [0.3, 0.4) is 0 Å². The molecule has 2 amide bonds. The first-order valence-corrected chi connectivity index (χ1v) is 9.59. The van der Waals surface area contributed by atoms with Gasteiger partial charge in [-0.05, 0) is 30.3 Å². The number of hydrogen-bond acceptors (Lipinski definition) is 4. The third-order valence-electron chi connectivity index (χ3n) is 3.62. The van der Waals surface area contributed by atoms with Crippen LogP contribution >= 0.6 is 46.1 Å². The summed E-state index contributed by atoms with van der Waals surface area (Å²) in [5.74, 6) is -0.209.